The molecule has 7 heteroatoms. The maximum absolute atomic E-state index is 14.0. The molecular formula is C21H20F2N2O2S. The van der Waals surface area contributed by atoms with Crippen LogP contribution < -0.4 is 4.74 Å². The van der Waals surface area contributed by atoms with Gasteiger partial charge in [0.05, 0.1) is 11.0 Å². The molecule has 0 radical (unpaired) electrons. The van der Waals surface area contributed by atoms with Crippen molar-refractivity contribution in [1.82, 2.24) is 4.90 Å². The summed E-state index contributed by atoms with van der Waals surface area (Å²) in [4.78, 5) is 18.9. The van der Waals surface area contributed by atoms with Crippen LogP contribution in [0.4, 0.5) is 14.5 Å². The van der Waals surface area contributed by atoms with Gasteiger partial charge < -0.3 is 4.74 Å². The summed E-state index contributed by atoms with van der Waals surface area (Å²) in [6, 6.07) is 10.6. The molecule has 28 heavy (non-hydrogen) atoms. The summed E-state index contributed by atoms with van der Waals surface area (Å²) < 4.78 is 32.9. The monoisotopic (exact) mass is 402 g/mol. The van der Waals surface area contributed by atoms with E-state index in [4.69, 9.17) is 4.74 Å². The van der Waals surface area contributed by atoms with Gasteiger partial charge in [-0.2, -0.15) is 0 Å². The van der Waals surface area contributed by atoms with Gasteiger partial charge in [-0.25, -0.2) is 13.8 Å². The summed E-state index contributed by atoms with van der Waals surface area (Å²) in [6.45, 7) is 6.06. The molecule has 0 unspecified atom stereocenters. The number of ether oxygens (including phenoxy) is 1. The Bertz CT molecular complexity index is 957. The molecule has 0 spiro atoms. The van der Waals surface area contributed by atoms with Gasteiger partial charge in [-0.3, -0.25) is 9.69 Å². The van der Waals surface area contributed by atoms with Gasteiger partial charge in [-0.05, 0) is 56.8 Å². The normalized spacial score (nSPS) is 17.2. The summed E-state index contributed by atoms with van der Waals surface area (Å²) in [6.07, 6.45) is 1.74. The van der Waals surface area contributed by atoms with E-state index in [1.54, 1.807) is 6.08 Å². The Labute approximate surface area is 166 Å². The van der Waals surface area contributed by atoms with Crippen LogP contribution in [0.5, 0.6) is 5.75 Å². The highest BCUT2D eigenvalue weighted by molar-refractivity contribution is 8.18. The molecule has 1 heterocycles. The van der Waals surface area contributed by atoms with Crippen LogP contribution in [0.25, 0.3) is 6.08 Å². The molecule has 1 amide bonds. The average Bonchev–Trinajstić information content (AvgIpc) is 2.93. The highest BCUT2D eigenvalue weighted by Crippen LogP contribution is 2.36. The van der Waals surface area contributed by atoms with Crippen molar-refractivity contribution in [2.45, 2.75) is 26.9 Å². The van der Waals surface area contributed by atoms with E-state index >= 15 is 0 Å². The van der Waals surface area contributed by atoms with Gasteiger partial charge in [-0.15, -0.1) is 0 Å². The molecule has 0 aliphatic carbocycles. The zero-order chi connectivity index (χ0) is 20.3. The number of hydrogen-bond donors (Lipinski definition) is 0. The topological polar surface area (TPSA) is 41.9 Å². The van der Waals surface area contributed by atoms with Gasteiger partial charge in [0.2, 0.25) is 0 Å². The van der Waals surface area contributed by atoms with E-state index in [1.807, 2.05) is 45.0 Å². The minimum atomic E-state index is -0.773. The first-order valence-electron chi connectivity index (χ1n) is 8.90. The highest BCUT2D eigenvalue weighted by atomic mass is 32.2. The van der Waals surface area contributed by atoms with E-state index in [-0.39, 0.29) is 17.7 Å². The Balaban J connectivity index is 1.96. The standard InChI is InChI=1S/C21H20F2N2O2S/c1-4-25-20(26)19(11-14-7-5-6-8-18(14)27-13(2)3)28-21(25)24-17-10-9-15(22)12-16(17)23/h5-13H,4H2,1-3H3/b19-11+,24-21?. The van der Waals surface area contributed by atoms with E-state index in [0.717, 1.165) is 29.5 Å². The molecule has 1 aliphatic rings. The number of hydrogen-bond acceptors (Lipinski definition) is 4. The molecule has 2 aromatic carbocycles. The lowest BCUT2D eigenvalue weighted by atomic mass is 10.2. The number of amides is 1. The first-order chi connectivity index (χ1) is 13.4. The van der Waals surface area contributed by atoms with Crippen LogP contribution in [-0.4, -0.2) is 28.6 Å². The lowest BCUT2D eigenvalue weighted by molar-refractivity contribution is -0.122. The zero-order valence-electron chi connectivity index (χ0n) is 15.8. The first kappa shape index (κ1) is 20.1. The number of rotatable bonds is 5. The molecule has 2 aromatic rings. The second kappa shape index (κ2) is 8.56. The number of amidine groups is 1. The number of para-hydroxylation sites is 1. The lowest BCUT2D eigenvalue weighted by Gasteiger charge is -2.13. The number of carbonyl (C=O) groups excluding carboxylic acids is 1. The SMILES string of the molecule is CCN1C(=O)/C(=C\c2ccccc2OC(C)C)SC1=Nc1ccc(F)cc1F. The van der Waals surface area contributed by atoms with Crippen LogP contribution in [0.3, 0.4) is 0 Å². The number of nitrogens with zero attached hydrogens (tertiary/aromatic N) is 2. The van der Waals surface area contributed by atoms with Crippen molar-refractivity contribution in [1.29, 1.82) is 0 Å². The molecule has 1 saturated heterocycles. The Hall–Kier alpha value is -2.67. The molecule has 4 nitrogen and oxygen atoms in total. The van der Waals surface area contributed by atoms with Crippen LogP contribution in [0.15, 0.2) is 52.4 Å². The van der Waals surface area contributed by atoms with E-state index in [1.165, 1.54) is 11.0 Å². The fraction of sp³-hybridized carbons (Fsp3) is 0.238. The van der Waals surface area contributed by atoms with Crippen molar-refractivity contribution in [3.8, 4) is 5.75 Å². The van der Waals surface area contributed by atoms with E-state index in [9.17, 15) is 13.6 Å². The van der Waals surface area contributed by atoms with Crippen LogP contribution in [-0.2, 0) is 4.79 Å². The van der Waals surface area contributed by atoms with Crippen molar-refractivity contribution in [3.63, 3.8) is 0 Å². The van der Waals surface area contributed by atoms with Crippen molar-refractivity contribution in [2.24, 2.45) is 4.99 Å². The number of carbonyl (C=O) groups is 1. The van der Waals surface area contributed by atoms with Gasteiger partial charge in [0.25, 0.3) is 5.91 Å². The minimum absolute atomic E-state index is 0.00259. The fourth-order valence-electron chi connectivity index (χ4n) is 2.65. The van der Waals surface area contributed by atoms with Crippen LogP contribution in [0.2, 0.25) is 0 Å². The Morgan fingerprint density at radius 3 is 2.64 bits per heavy atom. The summed E-state index contributed by atoms with van der Waals surface area (Å²) >= 11 is 1.15. The van der Waals surface area contributed by atoms with Crippen LogP contribution >= 0.6 is 11.8 Å². The average molecular weight is 402 g/mol. The van der Waals surface area contributed by atoms with Crippen LogP contribution in [0.1, 0.15) is 26.3 Å². The van der Waals surface area contributed by atoms with Gasteiger partial charge in [-0.1, -0.05) is 18.2 Å². The van der Waals surface area contributed by atoms with Gasteiger partial charge in [0.1, 0.15) is 17.3 Å². The number of aliphatic imine (C=N–C) groups is 1. The molecule has 1 aliphatic heterocycles. The fourth-order valence-corrected chi connectivity index (χ4v) is 3.69. The molecule has 0 saturated carbocycles. The Morgan fingerprint density at radius 1 is 1.21 bits per heavy atom. The predicted octanol–water partition coefficient (Wildman–Crippen LogP) is 5.38. The zero-order valence-corrected chi connectivity index (χ0v) is 16.6. The van der Waals surface area contributed by atoms with E-state index in [0.29, 0.717) is 22.4 Å². The van der Waals surface area contributed by atoms with Gasteiger partial charge in [0.15, 0.2) is 11.0 Å². The molecule has 1 fully saturated rings. The summed E-state index contributed by atoms with van der Waals surface area (Å²) in [5.74, 6) is -0.986. The summed E-state index contributed by atoms with van der Waals surface area (Å²) in [5, 5.41) is 0.353. The molecule has 146 valence electrons. The molecular weight excluding hydrogens is 382 g/mol. The van der Waals surface area contributed by atoms with E-state index in [2.05, 4.69) is 4.99 Å². The highest BCUT2D eigenvalue weighted by Gasteiger charge is 2.32. The molecule has 0 aromatic heterocycles. The minimum Gasteiger partial charge on any atom is -0.490 e. The summed E-state index contributed by atoms with van der Waals surface area (Å²) in [7, 11) is 0. The summed E-state index contributed by atoms with van der Waals surface area (Å²) in [5.41, 5.74) is 0.761. The number of benzene rings is 2. The molecule has 3 rings (SSSR count). The third kappa shape index (κ3) is 4.42. The molecule has 0 atom stereocenters. The second-order valence-electron chi connectivity index (χ2n) is 6.35. The molecule has 0 bridgehead atoms. The quantitative estimate of drug-likeness (QED) is 0.631. The third-order valence-electron chi connectivity index (χ3n) is 3.90. The molecule has 0 N–H and O–H groups in total. The smallest absolute Gasteiger partial charge is 0.266 e. The maximum atomic E-state index is 14.0. The Kier molecular flexibility index (Phi) is 6.14. The largest absolute Gasteiger partial charge is 0.490 e. The van der Waals surface area contributed by atoms with Crippen molar-refractivity contribution < 1.29 is 18.3 Å². The van der Waals surface area contributed by atoms with Crippen molar-refractivity contribution in [3.05, 3.63) is 64.6 Å². The van der Waals surface area contributed by atoms with Gasteiger partial charge >= 0.3 is 0 Å². The van der Waals surface area contributed by atoms with Gasteiger partial charge in [0, 0.05) is 18.2 Å². The van der Waals surface area contributed by atoms with Crippen molar-refractivity contribution in [2.75, 3.05) is 6.54 Å². The second-order valence-corrected chi connectivity index (χ2v) is 7.36. The van der Waals surface area contributed by atoms with E-state index < -0.39 is 11.6 Å². The number of thioether (sulfide) groups is 1. The number of halogens is 2. The lowest BCUT2D eigenvalue weighted by Crippen LogP contribution is -2.28. The third-order valence-corrected chi connectivity index (χ3v) is 4.91. The predicted molar refractivity (Wildman–Crippen MR) is 109 cm³/mol. The maximum Gasteiger partial charge on any atom is 0.266 e. The first-order valence-corrected chi connectivity index (χ1v) is 9.71. The number of likely N-dealkylation sites (N-methyl/N-ethyl adjacent to an activating group) is 1. The Morgan fingerprint density at radius 2 is 1.96 bits per heavy atom. The van der Waals surface area contributed by atoms with Crippen molar-refractivity contribution >= 4 is 34.6 Å². The van der Waals surface area contributed by atoms with Crippen LogP contribution in [0, 0.1) is 11.6 Å².